The second-order valence-corrected chi connectivity index (χ2v) is 7.85. The molecule has 0 aromatic carbocycles. The molecule has 2 aromatic rings. The topological polar surface area (TPSA) is 53.5 Å². The summed E-state index contributed by atoms with van der Waals surface area (Å²) in [4.78, 5) is 7.78. The maximum absolute atomic E-state index is 12.4. The van der Waals surface area contributed by atoms with Gasteiger partial charge in [-0.2, -0.15) is 4.31 Å². The highest BCUT2D eigenvalue weighted by Gasteiger charge is 2.22. The van der Waals surface area contributed by atoms with Gasteiger partial charge >= 0.3 is 0 Å². The summed E-state index contributed by atoms with van der Waals surface area (Å²) in [6.45, 7) is 5.33. The fourth-order valence-electron chi connectivity index (χ4n) is 2.18. The van der Waals surface area contributed by atoms with Gasteiger partial charge in [-0.1, -0.05) is 19.9 Å². The van der Waals surface area contributed by atoms with E-state index < -0.39 is 10.0 Å². The molecule has 0 aliphatic heterocycles. The fourth-order valence-corrected chi connectivity index (χ4v) is 4.34. The smallest absolute Gasteiger partial charge is 0.244 e. The van der Waals surface area contributed by atoms with Gasteiger partial charge in [0, 0.05) is 31.2 Å². The van der Waals surface area contributed by atoms with Crippen molar-refractivity contribution in [2.75, 3.05) is 25.0 Å². The Morgan fingerprint density at radius 2 is 1.91 bits per heavy atom. The van der Waals surface area contributed by atoms with Gasteiger partial charge in [-0.05, 0) is 23.6 Å². The largest absolute Gasteiger partial charge is 0.355 e. The summed E-state index contributed by atoms with van der Waals surface area (Å²) >= 11 is 1.69. The normalized spacial score (nSPS) is 11.8. The van der Waals surface area contributed by atoms with E-state index in [0.717, 1.165) is 12.4 Å². The van der Waals surface area contributed by atoms with E-state index in [1.165, 1.54) is 15.4 Å². The average molecular weight is 339 g/mol. The minimum Gasteiger partial charge on any atom is -0.355 e. The highest BCUT2D eigenvalue weighted by Crippen LogP contribution is 2.19. The minimum atomic E-state index is -3.44. The molecule has 0 radical (unpaired) electrons. The molecule has 0 atom stereocenters. The van der Waals surface area contributed by atoms with Crippen LogP contribution in [0.25, 0.3) is 0 Å². The van der Waals surface area contributed by atoms with Crippen LogP contribution in [0.4, 0.5) is 5.82 Å². The van der Waals surface area contributed by atoms with Gasteiger partial charge in [0.05, 0.1) is 6.54 Å². The maximum atomic E-state index is 12.4. The van der Waals surface area contributed by atoms with Crippen LogP contribution in [0.2, 0.25) is 0 Å². The average Bonchev–Trinajstić information content (AvgIpc) is 3.01. The molecular formula is C15H21N3O2S2. The Morgan fingerprint density at radius 3 is 2.41 bits per heavy atom. The monoisotopic (exact) mass is 339 g/mol. The van der Waals surface area contributed by atoms with Crippen molar-refractivity contribution in [2.45, 2.75) is 25.3 Å². The van der Waals surface area contributed by atoms with Gasteiger partial charge in [-0.3, -0.25) is 0 Å². The number of thiophene rings is 1. The van der Waals surface area contributed by atoms with Gasteiger partial charge in [-0.25, -0.2) is 13.4 Å². The number of pyridine rings is 1. The lowest BCUT2D eigenvalue weighted by molar-refractivity contribution is 0.445. The van der Waals surface area contributed by atoms with Gasteiger partial charge in [0.2, 0.25) is 10.0 Å². The number of hydrogen-bond donors (Lipinski definition) is 0. The number of nitrogens with zero attached hydrogens (tertiary/aromatic N) is 3. The maximum Gasteiger partial charge on any atom is 0.244 e. The number of rotatable bonds is 7. The van der Waals surface area contributed by atoms with Crippen LogP contribution < -0.4 is 4.90 Å². The third-order valence-corrected chi connectivity index (χ3v) is 6.32. The van der Waals surface area contributed by atoms with Crippen molar-refractivity contribution < 1.29 is 8.42 Å². The molecule has 2 rings (SSSR count). The van der Waals surface area contributed by atoms with E-state index in [1.807, 2.05) is 37.2 Å². The molecule has 2 heterocycles. The molecule has 7 heteroatoms. The predicted octanol–water partition coefficient (Wildman–Crippen LogP) is 2.81. The van der Waals surface area contributed by atoms with Gasteiger partial charge in [0.25, 0.3) is 0 Å². The van der Waals surface area contributed by atoms with Gasteiger partial charge in [-0.15, -0.1) is 11.3 Å². The fraction of sp³-hybridized carbons (Fsp3) is 0.400. The Bertz CT molecular complexity index is 678. The second-order valence-electron chi connectivity index (χ2n) is 4.88. The first-order valence-electron chi connectivity index (χ1n) is 7.18. The molecule has 2 aromatic heterocycles. The Labute approximate surface area is 136 Å². The molecule has 0 amide bonds. The van der Waals surface area contributed by atoms with Crippen LogP contribution in [0.3, 0.4) is 0 Å². The molecule has 0 saturated heterocycles. The minimum absolute atomic E-state index is 0.240. The summed E-state index contributed by atoms with van der Waals surface area (Å²) in [7, 11) is -1.49. The number of hydrogen-bond acceptors (Lipinski definition) is 5. The first-order valence-corrected chi connectivity index (χ1v) is 9.50. The standard InChI is InChI=1S/C15H21N3O2S2/c1-4-18(5-2)22(19,20)14-8-9-15(16-11-14)17(3)12-13-7-6-10-21-13/h6-11H,4-5,12H2,1-3H3. The van der Waals surface area contributed by atoms with Crippen molar-refractivity contribution in [1.29, 1.82) is 0 Å². The van der Waals surface area contributed by atoms with Crippen molar-refractivity contribution in [3.05, 3.63) is 40.7 Å². The quantitative estimate of drug-likeness (QED) is 0.778. The second kappa shape index (κ2) is 7.21. The highest BCUT2D eigenvalue weighted by molar-refractivity contribution is 7.89. The highest BCUT2D eigenvalue weighted by atomic mass is 32.2. The molecule has 0 spiro atoms. The number of anilines is 1. The first kappa shape index (κ1) is 16.9. The Kier molecular flexibility index (Phi) is 5.55. The summed E-state index contributed by atoms with van der Waals surface area (Å²) < 4.78 is 26.2. The molecular weight excluding hydrogens is 318 g/mol. The third kappa shape index (κ3) is 3.66. The van der Waals surface area contributed by atoms with E-state index in [4.69, 9.17) is 0 Å². The van der Waals surface area contributed by atoms with Gasteiger partial charge in [0.1, 0.15) is 10.7 Å². The molecule has 0 N–H and O–H groups in total. The van der Waals surface area contributed by atoms with Crippen LogP contribution in [-0.4, -0.2) is 37.8 Å². The lowest BCUT2D eigenvalue weighted by Gasteiger charge is -2.20. The molecule has 0 aliphatic rings. The Hall–Kier alpha value is -1.44. The summed E-state index contributed by atoms with van der Waals surface area (Å²) in [5.74, 6) is 0.756. The lowest BCUT2D eigenvalue weighted by Crippen LogP contribution is -2.30. The van der Waals surface area contributed by atoms with Crippen LogP contribution >= 0.6 is 11.3 Å². The molecule has 0 fully saturated rings. The van der Waals surface area contributed by atoms with Crippen LogP contribution in [0.1, 0.15) is 18.7 Å². The summed E-state index contributed by atoms with van der Waals surface area (Å²) in [6, 6.07) is 7.46. The van der Waals surface area contributed by atoms with Crippen LogP contribution in [-0.2, 0) is 16.6 Å². The van der Waals surface area contributed by atoms with E-state index >= 15 is 0 Å². The van der Waals surface area contributed by atoms with E-state index in [1.54, 1.807) is 23.5 Å². The van der Waals surface area contributed by atoms with Crippen molar-refractivity contribution in [1.82, 2.24) is 9.29 Å². The van der Waals surface area contributed by atoms with Crippen LogP contribution in [0.5, 0.6) is 0 Å². The van der Waals surface area contributed by atoms with Crippen molar-refractivity contribution >= 4 is 27.2 Å². The Balaban J connectivity index is 2.16. The lowest BCUT2D eigenvalue weighted by atomic mass is 10.4. The molecule has 22 heavy (non-hydrogen) atoms. The predicted molar refractivity (Wildman–Crippen MR) is 90.8 cm³/mol. The van der Waals surface area contributed by atoms with E-state index in [9.17, 15) is 8.42 Å². The van der Waals surface area contributed by atoms with Crippen LogP contribution in [0, 0.1) is 0 Å². The van der Waals surface area contributed by atoms with Crippen molar-refractivity contribution in [3.8, 4) is 0 Å². The Morgan fingerprint density at radius 1 is 1.18 bits per heavy atom. The summed E-state index contributed by atoms with van der Waals surface area (Å²) in [5.41, 5.74) is 0. The van der Waals surface area contributed by atoms with Crippen molar-refractivity contribution in [2.24, 2.45) is 0 Å². The molecule has 0 bridgehead atoms. The van der Waals surface area contributed by atoms with Gasteiger partial charge in [0.15, 0.2) is 0 Å². The summed E-state index contributed by atoms with van der Waals surface area (Å²) in [5, 5.41) is 2.04. The first-order chi connectivity index (χ1) is 10.5. The zero-order valence-electron chi connectivity index (χ0n) is 13.1. The molecule has 0 aliphatic carbocycles. The molecule has 5 nitrogen and oxygen atoms in total. The van der Waals surface area contributed by atoms with E-state index in [0.29, 0.717) is 13.1 Å². The third-order valence-electron chi connectivity index (χ3n) is 3.43. The van der Waals surface area contributed by atoms with Crippen LogP contribution in [0.15, 0.2) is 40.7 Å². The van der Waals surface area contributed by atoms with E-state index in [2.05, 4.69) is 11.1 Å². The zero-order chi connectivity index (χ0) is 16.2. The zero-order valence-corrected chi connectivity index (χ0v) is 14.7. The SMILES string of the molecule is CCN(CC)S(=O)(=O)c1ccc(N(C)Cc2cccs2)nc1. The van der Waals surface area contributed by atoms with Crippen molar-refractivity contribution in [3.63, 3.8) is 0 Å². The molecule has 0 unspecified atom stereocenters. The van der Waals surface area contributed by atoms with E-state index in [-0.39, 0.29) is 4.90 Å². The number of sulfonamides is 1. The molecule has 120 valence electrons. The summed E-state index contributed by atoms with van der Waals surface area (Å²) in [6.07, 6.45) is 1.44. The molecule has 0 saturated carbocycles. The van der Waals surface area contributed by atoms with Gasteiger partial charge < -0.3 is 4.90 Å². The number of aromatic nitrogens is 1.